The van der Waals surface area contributed by atoms with Gasteiger partial charge < -0.3 is 10.2 Å². The van der Waals surface area contributed by atoms with Gasteiger partial charge in [-0.25, -0.2) is 18.4 Å². The van der Waals surface area contributed by atoms with Crippen LogP contribution in [0.5, 0.6) is 0 Å². The second-order valence-corrected chi connectivity index (χ2v) is 11.7. The lowest BCUT2D eigenvalue weighted by molar-refractivity contribution is 0.177. The summed E-state index contributed by atoms with van der Waals surface area (Å²) < 4.78 is 27.9. The average Bonchev–Trinajstić information content (AvgIpc) is 3.56. The predicted octanol–water partition coefficient (Wildman–Crippen LogP) is 1.81. The Morgan fingerprint density at radius 1 is 1.11 bits per heavy atom. The van der Waals surface area contributed by atoms with E-state index in [1.807, 2.05) is 0 Å². The van der Waals surface area contributed by atoms with E-state index in [1.165, 1.54) is 17.0 Å². The van der Waals surface area contributed by atoms with Gasteiger partial charge in [-0.3, -0.25) is 9.36 Å². The third kappa shape index (κ3) is 5.37. The maximum Gasteiger partial charge on any atom is 0.255 e. The first-order chi connectivity index (χ1) is 16.8. The van der Waals surface area contributed by atoms with E-state index in [2.05, 4.69) is 44.1 Å². The van der Waals surface area contributed by atoms with Crippen molar-refractivity contribution in [3.8, 4) is 0 Å². The SMILES string of the molecule is CC(C)N1CCC(Nc2ncc3ccc(=O)n(CCCS(=O)(=O)n4cnc(C5CC5)n4)c3n2)CC1. The molecule has 188 valence electrons. The minimum atomic E-state index is -3.64. The molecule has 2 fully saturated rings. The van der Waals surface area contributed by atoms with Gasteiger partial charge in [-0.05, 0) is 52.0 Å². The molecule has 4 heterocycles. The molecule has 3 aromatic rings. The molecule has 1 aliphatic carbocycles. The molecule has 0 atom stereocenters. The van der Waals surface area contributed by atoms with Crippen molar-refractivity contribution >= 4 is 27.0 Å². The van der Waals surface area contributed by atoms with E-state index in [0.29, 0.717) is 23.5 Å². The van der Waals surface area contributed by atoms with E-state index < -0.39 is 10.0 Å². The van der Waals surface area contributed by atoms with Gasteiger partial charge in [0.25, 0.3) is 15.6 Å². The molecule has 0 bridgehead atoms. The molecule has 11 nitrogen and oxygen atoms in total. The van der Waals surface area contributed by atoms with Crippen LogP contribution in [0.3, 0.4) is 0 Å². The van der Waals surface area contributed by atoms with Crippen molar-refractivity contribution in [2.75, 3.05) is 24.2 Å². The van der Waals surface area contributed by atoms with Crippen molar-refractivity contribution in [2.45, 2.75) is 70.5 Å². The zero-order valence-corrected chi connectivity index (χ0v) is 21.0. The van der Waals surface area contributed by atoms with Crippen molar-refractivity contribution in [3.05, 3.63) is 40.8 Å². The lowest BCUT2D eigenvalue weighted by Crippen LogP contribution is -2.42. The van der Waals surface area contributed by atoms with E-state index in [0.717, 1.165) is 48.2 Å². The molecule has 1 saturated heterocycles. The van der Waals surface area contributed by atoms with Crippen LogP contribution in [0.15, 0.2) is 29.5 Å². The Bertz CT molecular complexity index is 1350. The van der Waals surface area contributed by atoms with Crippen LogP contribution in [0.25, 0.3) is 11.0 Å². The first-order valence-electron chi connectivity index (χ1n) is 12.3. The molecule has 3 aromatic heterocycles. The smallest absolute Gasteiger partial charge is 0.255 e. The number of hydrogen-bond donors (Lipinski definition) is 1. The molecule has 0 amide bonds. The summed E-state index contributed by atoms with van der Waals surface area (Å²) in [4.78, 5) is 28.3. The number of fused-ring (bicyclic) bond motifs is 1. The fraction of sp³-hybridized carbons (Fsp3) is 0.609. The van der Waals surface area contributed by atoms with Gasteiger partial charge in [-0.15, -0.1) is 9.19 Å². The summed E-state index contributed by atoms with van der Waals surface area (Å²) in [7, 11) is -3.64. The first-order valence-corrected chi connectivity index (χ1v) is 13.9. The lowest BCUT2D eigenvalue weighted by Gasteiger charge is -2.34. The molecule has 5 rings (SSSR count). The van der Waals surface area contributed by atoms with Gasteiger partial charge in [0.15, 0.2) is 5.82 Å². The topological polar surface area (TPSA) is 128 Å². The van der Waals surface area contributed by atoms with E-state index in [1.54, 1.807) is 12.3 Å². The largest absolute Gasteiger partial charge is 0.351 e. The molecule has 35 heavy (non-hydrogen) atoms. The van der Waals surface area contributed by atoms with E-state index in [4.69, 9.17) is 0 Å². The van der Waals surface area contributed by atoms with Crippen LogP contribution in [0.1, 0.15) is 57.7 Å². The zero-order valence-electron chi connectivity index (χ0n) is 20.2. The van der Waals surface area contributed by atoms with Crippen LogP contribution in [0.2, 0.25) is 0 Å². The van der Waals surface area contributed by atoms with Crippen LogP contribution in [0.4, 0.5) is 5.95 Å². The maximum atomic E-state index is 12.7. The number of nitrogens with zero attached hydrogens (tertiary/aromatic N) is 7. The van der Waals surface area contributed by atoms with Gasteiger partial charge in [0.2, 0.25) is 5.95 Å². The highest BCUT2D eigenvalue weighted by molar-refractivity contribution is 7.89. The maximum absolute atomic E-state index is 12.7. The highest BCUT2D eigenvalue weighted by Gasteiger charge is 2.29. The van der Waals surface area contributed by atoms with Crippen molar-refractivity contribution < 1.29 is 8.42 Å². The number of likely N-dealkylation sites (tertiary alicyclic amines) is 1. The molecular formula is C23H32N8O3S. The Hall–Kier alpha value is -2.86. The fourth-order valence-electron chi connectivity index (χ4n) is 4.52. The Morgan fingerprint density at radius 3 is 2.60 bits per heavy atom. The average molecular weight is 501 g/mol. The molecule has 0 unspecified atom stereocenters. The van der Waals surface area contributed by atoms with Gasteiger partial charge in [-0.2, -0.15) is 4.98 Å². The third-order valence-electron chi connectivity index (χ3n) is 6.82. The number of aryl methyl sites for hydroxylation is 1. The number of pyridine rings is 1. The van der Waals surface area contributed by atoms with Crippen LogP contribution < -0.4 is 10.9 Å². The first kappa shape index (κ1) is 23.9. The number of aromatic nitrogens is 6. The van der Waals surface area contributed by atoms with Gasteiger partial charge in [-0.1, -0.05) is 0 Å². The van der Waals surface area contributed by atoms with Crippen molar-refractivity contribution in [1.82, 2.24) is 33.6 Å². The monoisotopic (exact) mass is 500 g/mol. The quantitative estimate of drug-likeness (QED) is 0.468. The summed E-state index contributed by atoms with van der Waals surface area (Å²) in [5, 5.41) is 8.29. The number of nitrogens with one attached hydrogen (secondary N) is 1. The van der Waals surface area contributed by atoms with Gasteiger partial charge in [0, 0.05) is 55.3 Å². The fourth-order valence-corrected chi connectivity index (χ4v) is 5.60. The van der Waals surface area contributed by atoms with Crippen LogP contribution in [-0.2, 0) is 16.6 Å². The molecular weight excluding hydrogens is 468 g/mol. The zero-order chi connectivity index (χ0) is 24.6. The molecule has 0 radical (unpaired) electrons. The molecule has 2 aliphatic rings. The molecule has 0 spiro atoms. The lowest BCUT2D eigenvalue weighted by atomic mass is 10.0. The van der Waals surface area contributed by atoms with Crippen molar-refractivity contribution in [2.24, 2.45) is 0 Å². The van der Waals surface area contributed by atoms with E-state index in [-0.39, 0.29) is 36.2 Å². The number of rotatable bonds is 9. The van der Waals surface area contributed by atoms with Crippen LogP contribution in [0, 0.1) is 0 Å². The van der Waals surface area contributed by atoms with Gasteiger partial charge in [0.1, 0.15) is 12.0 Å². The summed E-state index contributed by atoms with van der Waals surface area (Å²) in [6, 6.07) is 3.98. The summed E-state index contributed by atoms with van der Waals surface area (Å²) in [5.41, 5.74) is 0.283. The Kier molecular flexibility index (Phi) is 6.58. The van der Waals surface area contributed by atoms with Crippen LogP contribution in [-0.4, -0.2) is 72.9 Å². The molecule has 12 heteroatoms. The Morgan fingerprint density at radius 2 is 1.89 bits per heavy atom. The Labute approximate surface area is 204 Å². The number of anilines is 1. The Balaban J connectivity index is 1.27. The summed E-state index contributed by atoms with van der Waals surface area (Å²) in [5.74, 6) is 1.22. The second-order valence-electron chi connectivity index (χ2n) is 9.76. The minimum absolute atomic E-state index is 0.145. The molecule has 1 N–H and O–H groups in total. The van der Waals surface area contributed by atoms with Crippen LogP contribution >= 0.6 is 0 Å². The highest BCUT2D eigenvalue weighted by Crippen LogP contribution is 2.37. The molecule has 1 saturated carbocycles. The van der Waals surface area contributed by atoms with Gasteiger partial charge in [0.05, 0.1) is 5.75 Å². The minimum Gasteiger partial charge on any atom is -0.351 e. The molecule has 0 aromatic carbocycles. The predicted molar refractivity (Wildman–Crippen MR) is 133 cm³/mol. The summed E-state index contributed by atoms with van der Waals surface area (Å²) in [6.45, 7) is 6.69. The van der Waals surface area contributed by atoms with E-state index in [9.17, 15) is 13.2 Å². The van der Waals surface area contributed by atoms with Gasteiger partial charge >= 0.3 is 0 Å². The summed E-state index contributed by atoms with van der Waals surface area (Å²) in [6.07, 6.45) is 7.24. The van der Waals surface area contributed by atoms with E-state index >= 15 is 0 Å². The molecule has 1 aliphatic heterocycles. The second kappa shape index (κ2) is 9.65. The van der Waals surface area contributed by atoms with Crippen molar-refractivity contribution in [3.63, 3.8) is 0 Å². The third-order valence-corrected chi connectivity index (χ3v) is 8.37. The van der Waals surface area contributed by atoms with Crippen molar-refractivity contribution in [1.29, 1.82) is 0 Å². The standard InChI is InChI=1S/C23H32N8O3S/c1-16(2)29-11-8-19(9-12-29)26-23-24-14-18-6-7-20(32)30(22(18)27-23)10-3-13-35(33,34)31-15-25-21(28-31)17-4-5-17/h6-7,14-17,19H,3-5,8-13H2,1-2H3,(H,24,26,27). The highest BCUT2D eigenvalue weighted by atomic mass is 32.2. The summed E-state index contributed by atoms with van der Waals surface area (Å²) >= 11 is 0. The normalized spacial score (nSPS) is 17.9. The number of hydrogen-bond acceptors (Lipinski definition) is 9. The number of piperidine rings is 1.